The lowest BCUT2D eigenvalue weighted by Gasteiger charge is -2.36. The number of rotatable bonds is 2. The van der Waals surface area contributed by atoms with Crippen LogP contribution in [0.25, 0.3) is 0 Å². The fourth-order valence-corrected chi connectivity index (χ4v) is 3.40. The summed E-state index contributed by atoms with van der Waals surface area (Å²) in [4.78, 5) is 0. The molecular formula is C14H20BrNO. The maximum absolute atomic E-state index is 6.63. The Labute approximate surface area is 112 Å². The molecule has 1 aliphatic rings. The molecule has 0 aliphatic heterocycles. The van der Waals surface area contributed by atoms with Crippen LogP contribution in [0.3, 0.4) is 0 Å². The average Bonchev–Trinajstić information content (AvgIpc) is 2.32. The molecule has 3 heteroatoms. The van der Waals surface area contributed by atoms with Crippen molar-refractivity contribution in [2.45, 2.75) is 44.6 Å². The molecule has 17 heavy (non-hydrogen) atoms. The molecule has 0 radical (unpaired) electrons. The Morgan fingerprint density at radius 3 is 2.47 bits per heavy atom. The smallest absolute Gasteiger partial charge is 0.138 e. The van der Waals surface area contributed by atoms with E-state index in [1.54, 1.807) is 7.11 Å². The molecule has 1 aromatic rings. The summed E-state index contributed by atoms with van der Waals surface area (Å²) in [6.07, 6.45) is 5.84. The second-order valence-electron chi connectivity index (χ2n) is 4.99. The Bertz CT molecular complexity index is 411. The quantitative estimate of drug-likeness (QED) is 0.899. The molecule has 0 amide bonds. The van der Waals surface area contributed by atoms with Crippen molar-refractivity contribution < 1.29 is 4.74 Å². The second-order valence-corrected chi connectivity index (χ2v) is 5.84. The first-order valence-corrected chi connectivity index (χ1v) is 7.00. The van der Waals surface area contributed by atoms with Gasteiger partial charge in [0.1, 0.15) is 5.75 Å². The second kappa shape index (κ2) is 4.99. The summed E-state index contributed by atoms with van der Waals surface area (Å²) in [5.74, 6) is 0.911. The van der Waals surface area contributed by atoms with Gasteiger partial charge in [-0.25, -0.2) is 0 Å². The predicted octanol–water partition coefficient (Wildman–Crippen LogP) is 3.88. The Kier molecular flexibility index (Phi) is 3.79. The largest absolute Gasteiger partial charge is 0.495 e. The van der Waals surface area contributed by atoms with E-state index < -0.39 is 0 Å². The first kappa shape index (κ1) is 12.9. The van der Waals surface area contributed by atoms with E-state index in [2.05, 4.69) is 28.9 Å². The Balaban J connectivity index is 2.52. The standard InChI is InChI=1S/C14H20BrNO/c1-10-6-7-11(15)13(17-2)12(10)14(16)8-4-3-5-9-14/h6-7H,3-5,8-9,16H2,1-2H3. The highest BCUT2D eigenvalue weighted by molar-refractivity contribution is 9.10. The van der Waals surface area contributed by atoms with E-state index >= 15 is 0 Å². The number of benzene rings is 1. The van der Waals surface area contributed by atoms with Crippen molar-refractivity contribution in [3.8, 4) is 5.75 Å². The summed E-state index contributed by atoms with van der Waals surface area (Å²) in [5.41, 5.74) is 8.83. The molecule has 0 saturated heterocycles. The molecule has 0 bridgehead atoms. The van der Waals surface area contributed by atoms with Gasteiger partial charge in [0.15, 0.2) is 0 Å². The van der Waals surface area contributed by atoms with Crippen molar-refractivity contribution >= 4 is 15.9 Å². The number of nitrogens with two attached hydrogens (primary N) is 1. The van der Waals surface area contributed by atoms with Crippen LogP contribution in [0.5, 0.6) is 5.75 Å². The fourth-order valence-electron chi connectivity index (χ4n) is 2.91. The van der Waals surface area contributed by atoms with Gasteiger partial charge in [0, 0.05) is 11.1 Å². The van der Waals surface area contributed by atoms with E-state index in [1.165, 1.54) is 30.4 Å². The van der Waals surface area contributed by atoms with Gasteiger partial charge in [0.25, 0.3) is 0 Å². The Hall–Kier alpha value is -0.540. The number of hydrogen-bond acceptors (Lipinski definition) is 2. The lowest BCUT2D eigenvalue weighted by Crippen LogP contribution is -2.39. The summed E-state index contributed by atoms with van der Waals surface area (Å²) >= 11 is 3.55. The third-order valence-electron chi connectivity index (χ3n) is 3.77. The SMILES string of the molecule is COc1c(Br)ccc(C)c1C1(N)CCCCC1. The molecule has 0 atom stereocenters. The number of ether oxygens (including phenoxy) is 1. The van der Waals surface area contributed by atoms with E-state index in [0.29, 0.717) is 0 Å². The first-order chi connectivity index (χ1) is 8.08. The third kappa shape index (κ3) is 2.36. The molecule has 1 saturated carbocycles. The van der Waals surface area contributed by atoms with Gasteiger partial charge in [0.2, 0.25) is 0 Å². The van der Waals surface area contributed by atoms with Gasteiger partial charge in [0.05, 0.1) is 11.6 Å². The zero-order valence-corrected chi connectivity index (χ0v) is 12.1. The minimum absolute atomic E-state index is 0.211. The van der Waals surface area contributed by atoms with Crippen LogP contribution in [-0.2, 0) is 5.54 Å². The zero-order valence-electron chi connectivity index (χ0n) is 10.6. The van der Waals surface area contributed by atoms with Crippen LogP contribution < -0.4 is 10.5 Å². The van der Waals surface area contributed by atoms with Crippen molar-refractivity contribution in [3.63, 3.8) is 0 Å². The van der Waals surface area contributed by atoms with Crippen LogP contribution >= 0.6 is 15.9 Å². The van der Waals surface area contributed by atoms with Crippen LogP contribution in [0.15, 0.2) is 16.6 Å². The monoisotopic (exact) mass is 297 g/mol. The summed E-state index contributed by atoms with van der Waals surface area (Å²) in [5, 5.41) is 0. The molecule has 2 rings (SSSR count). The van der Waals surface area contributed by atoms with Gasteiger partial charge in [-0.2, -0.15) is 0 Å². The van der Waals surface area contributed by atoms with Crippen LogP contribution in [0.1, 0.15) is 43.2 Å². The highest BCUT2D eigenvalue weighted by atomic mass is 79.9. The molecule has 2 N–H and O–H groups in total. The highest BCUT2D eigenvalue weighted by Crippen LogP contribution is 2.43. The van der Waals surface area contributed by atoms with E-state index in [-0.39, 0.29) is 5.54 Å². The minimum atomic E-state index is -0.211. The van der Waals surface area contributed by atoms with Crippen molar-refractivity contribution in [3.05, 3.63) is 27.7 Å². The molecule has 1 aromatic carbocycles. The molecule has 0 aromatic heterocycles. The van der Waals surface area contributed by atoms with E-state index in [0.717, 1.165) is 23.1 Å². The van der Waals surface area contributed by atoms with Crippen LogP contribution in [0, 0.1) is 6.92 Å². The lowest BCUT2D eigenvalue weighted by atomic mass is 9.75. The molecular weight excluding hydrogens is 278 g/mol. The van der Waals surface area contributed by atoms with Crippen molar-refractivity contribution in [2.24, 2.45) is 5.73 Å². The average molecular weight is 298 g/mol. The maximum atomic E-state index is 6.63. The number of halogens is 1. The summed E-state index contributed by atoms with van der Waals surface area (Å²) < 4.78 is 6.54. The van der Waals surface area contributed by atoms with Gasteiger partial charge in [-0.15, -0.1) is 0 Å². The van der Waals surface area contributed by atoms with Crippen LogP contribution in [0.2, 0.25) is 0 Å². The molecule has 1 fully saturated rings. The highest BCUT2D eigenvalue weighted by Gasteiger charge is 2.34. The van der Waals surface area contributed by atoms with E-state index in [4.69, 9.17) is 10.5 Å². The Morgan fingerprint density at radius 2 is 1.88 bits per heavy atom. The van der Waals surface area contributed by atoms with Crippen molar-refractivity contribution in [1.29, 1.82) is 0 Å². The van der Waals surface area contributed by atoms with E-state index in [1.807, 2.05) is 6.07 Å². The van der Waals surface area contributed by atoms with Gasteiger partial charge >= 0.3 is 0 Å². The van der Waals surface area contributed by atoms with Gasteiger partial charge < -0.3 is 10.5 Å². The Morgan fingerprint density at radius 1 is 1.24 bits per heavy atom. The molecule has 0 spiro atoms. The number of aryl methyl sites for hydroxylation is 1. The molecule has 0 heterocycles. The molecule has 94 valence electrons. The molecule has 2 nitrogen and oxygen atoms in total. The first-order valence-electron chi connectivity index (χ1n) is 6.21. The number of methoxy groups -OCH3 is 1. The normalized spacial score (nSPS) is 19.1. The minimum Gasteiger partial charge on any atom is -0.495 e. The topological polar surface area (TPSA) is 35.2 Å². The molecule has 1 aliphatic carbocycles. The van der Waals surface area contributed by atoms with Crippen LogP contribution in [-0.4, -0.2) is 7.11 Å². The third-order valence-corrected chi connectivity index (χ3v) is 4.39. The maximum Gasteiger partial charge on any atom is 0.138 e. The van der Waals surface area contributed by atoms with Crippen molar-refractivity contribution in [2.75, 3.05) is 7.11 Å². The lowest BCUT2D eigenvalue weighted by molar-refractivity contribution is 0.287. The van der Waals surface area contributed by atoms with E-state index in [9.17, 15) is 0 Å². The van der Waals surface area contributed by atoms with Gasteiger partial charge in [-0.1, -0.05) is 25.3 Å². The van der Waals surface area contributed by atoms with Crippen molar-refractivity contribution in [1.82, 2.24) is 0 Å². The zero-order chi connectivity index (χ0) is 12.5. The fraction of sp³-hybridized carbons (Fsp3) is 0.571. The summed E-state index contributed by atoms with van der Waals surface area (Å²) in [7, 11) is 1.72. The summed E-state index contributed by atoms with van der Waals surface area (Å²) in [6, 6.07) is 4.15. The summed E-state index contributed by atoms with van der Waals surface area (Å²) in [6.45, 7) is 2.12. The number of hydrogen-bond donors (Lipinski definition) is 1. The predicted molar refractivity (Wildman–Crippen MR) is 74.4 cm³/mol. The van der Waals surface area contributed by atoms with Crippen LogP contribution in [0.4, 0.5) is 0 Å². The van der Waals surface area contributed by atoms with Gasteiger partial charge in [-0.3, -0.25) is 0 Å². The van der Waals surface area contributed by atoms with Gasteiger partial charge in [-0.05, 0) is 47.3 Å². The molecule has 0 unspecified atom stereocenters.